The maximum Gasteiger partial charge on any atom is 0.248 e. The van der Waals surface area contributed by atoms with Gasteiger partial charge in [-0.3, -0.25) is 4.79 Å². The first kappa shape index (κ1) is 16.1. The normalized spacial score (nSPS) is 10.1. The fourth-order valence-corrected chi connectivity index (χ4v) is 1.88. The molecule has 0 bridgehead atoms. The lowest BCUT2D eigenvalue weighted by Gasteiger charge is -2.07. The molecule has 2 aromatic rings. The molecule has 2 aromatic carbocycles. The van der Waals surface area contributed by atoms with E-state index in [2.05, 4.69) is 5.32 Å². The number of anilines is 1. The Bertz CT molecular complexity index is 731. The van der Waals surface area contributed by atoms with Gasteiger partial charge in [-0.15, -0.1) is 0 Å². The van der Waals surface area contributed by atoms with Crippen molar-refractivity contribution in [3.63, 3.8) is 0 Å². The Morgan fingerprint density at radius 3 is 2.65 bits per heavy atom. The van der Waals surface area contributed by atoms with E-state index in [1.54, 1.807) is 49.6 Å². The zero-order valence-electron chi connectivity index (χ0n) is 12.7. The lowest BCUT2D eigenvalue weighted by Crippen LogP contribution is -2.08. The van der Waals surface area contributed by atoms with Crippen molar-refractivity contribution in [3.8, 4) is 17.6 Å². The highest BCUT2D eigenvalue weighted by Gasteiger charge is 2.03. The number of rotatable bonds is 6. The second-order valence-corrected chi connectivity index (χ2v) is 4.54. The Hall–Kier alpha value is -3.26. The molecular weight excluding hydrogens is 292 g/mol. The Morgan fingerprint density at radius 1 is 1.22 bits per heavy atom. The molecule has 0 atom stereocenters. The average molecular weight is 308 g/mol. The van der Waals surface area contributed by atoms with E-state index < -0.39 is 0 Å². The monoisotopic (exact) mass is 308 g/mol. The summed E-state index contributed by atoms with van der Waals surface area (Å²) >= 11 is 0. The van der Waals surface area contributed by atoms with Crippen LogP contribution in [0.15, 0.2) is 54.6 Å². The summed E-state index contributed by atoms with van der Waals surface area (Å²) in [6.07, 6.45) is 3.14. The number of amides is 1. The Balaban J connectivity index is 1.97. The van der Waals surface area contributed by atoms with Crippen molar-refractivity contribution in [2.45, 2.75) is 0 Å². The predicted molar refractivity (Wildman–Crippen MR) is 88.2 cm³/mol. The van der Waals surface area contributed by atoms with Crippen LogP contribution in [0.3, 0.4) is 0 Å². The van der Waals surface area contributed by atoms with Crippen LogP contribution in [0.1, 0.15) is 5.56 Å². The molecule has 0 unspecified atom stereocenters. The number of hydrogen-bond acceptors (Lipinski definition) is 4. The number of benzene rings is 2. The Labute approximate surface area is 134 Å². The molecule has 0 saturated carbocycles. The molecule has 0 aliphatic heterocycles. The molecule has 5 nitrogen and oxygen atoms in total. The number of nitrogens with one attached hydrogen (secondary N) is 1. The van der Waals surface area contributed by atoms with E-state index in [4.69, 9.17) is 14.7 Å². The second kappa shape index (κ2) is 8.25. The van der Waals surface area contributed by atoms with Crippen molar-refractivity contribution >= 4 is 17.7 Å². The number of methoxy groups -OCH3 is 1. The fraction of sp³-hybridized carbons (Fsp3) is 0.111. The maximum absolute atomic E-state index is 11.9. The van der Waals surface area contributed by atoms with Gasteiger partial charge in [0.2, 0.25) is 5.91 Å². The third-order valence-corrected chi connectivity index (χ3v) is 2.98. The van der Waals surface area contributed by atoms with Crippen molar-refractivity contribution in [1.29, 1.82) is 5.26 Å². The van der Waals surface area contributed by atoms with Gasteiger partial charge in [0.05, 0.1) is 12.8 Å². The molecule has 5 heteroatoms. The molecule has 116 valence electrons. The molecule has 0 fully saturated rings. The van der Waals surface area contributed by atoms with Gasteiger partial charge >= 0.3 is 0 Å². The predicted octanol–water partition coefficient (Wildman–Crippen LogP) is 3.25. The van der Waals surface area contributed by atoms with Gasteiger partial charge in [0.15, 0.2) is 6.61 Å². The van der Waals surface area contributed by atoms with E-state index in [1.165, 1.54) is 6.08 Å². The van der Waals surface area contributed by atoms with Crippen LogP contribution in [0.25, 0.3) is 6.08 Å². The molecule has 0 aliphatic rings. The lowest BCUT2D eigenvalue weighted by atomic mass is 10.2. The fourth-order valence-electron chi connectivity index (χ4n) is 1.88. The van der Waals surface area contributed by atoms with Gasteiger partial charge in [0, 0.05) is 6.08 Å². The first-order valence-electron chi connectivity index (χ1n) is 6.95. The van der Waals surface area contributed by atoms with Crippen molar-refractivity contribution in [3.05, 3.63) is 60.2 Å². The van der Waals surface area contributed by atoms with Crippen LogP contribution in [0.5, 0.6) is 11.5 Å². The van der Waals surface area contributed by atoms with Gasteiger partial charge in [-0.05, 0) is 35.9 Å². The zero-order chi connectivity index (χ0) is 16.5. The van der Waals surface area contributed by atoms with Crippen LogP contribution < -0.4 is 14.8 Å². The largest absolute Gasteiger partial charge is 0.495 e. The molecule has 1 N–H and O–H groups in total. The molecule has 23 heavy (non-hydrogen) atoms. The number of carbonyl (C=O) groups is 1. The summed E-state index contributed by atoms with van der Waals surface area (Å²) in [7, 11) is 1.55. The van der Waals surface area contributed by atoms with Crippen molar-refractivity contribution in [2.24, 2.45) is 0 Å². The summed E-state index contributed by atoms with van der Waals surface area (Å²) in [5.74, 6) is 0.967. The van der Waals surface area contributed by atoms with E-state index in [-0.39, 0.29) is 12.5 Å². The van der Waals surface area contributed by atoms with Gasteiger partial charge in [-0.2, -0.15) is 5.26 Å². The number of carbonyl (C=O) groups excluding carboxylic acids is 1. The lowest BCUT2D eigenvalue weighted by molar-refractivity contribution is -0.111. The summed E-state index contributed by atoms with van der Waals surface area (Å²) in [5, 5.41) is 11.2. The Morgan fingerprint density at radius 2 is 1.96 bits per heavy atom. The van der Waals surface area contributed by atoms with Crippen LogP contribution in [0, 0.1) is 11.3 Å². The smallest absolute Gasteiger partial charge is 0.248 e. The quantitative estimate of drug-likeness (QED) is 0.832. The van der Waals surface area contributed by atoms with E-state index in [0.717, 1.165) is 5.56 Å². The average Bonchev–Trinajstić information content (AvgIpc) is 2.59. The number of nitrogens with zero attached hydrogens (tertiary/aromatic N) is 1. The van der Waals surface area contributed by atoms with E-state index in [0.29, 0.717) is 17.2 Å². The number of para-hydroxylation sites is 2. The minimum absolute atomic E-state index is 0.0104. The highest BCUT2D eigenvalue weighted by atomic mass is 16.5. The first-order valence-corrected chi connectivity index (χ1v) is 6.95. The molecule has 0 heterocycles. The highest BCUT2D eigenvalue weighted by molar-refractivity contribution is 6.02. The highest BCUT2D eigenvalue weighted by Crippen LogP contribution is 2.23. The summed E-state index contributed by atoms with van der Waals surface area (Å²) in [5.41, 5.74) is 1.47. The molecular formula is C18H16N2O3. The maximum atomic E-state index is 11.9. The second-order valence-electron chi connectivity index (χ2n) is 4.54. The minimum atomic E-state index is -0.251. The zero-order valence-corrected chi connectivity index (χ0v) is 12.7. The van der Waals surface area contributed by atoms with Gasteiger partial charge in [-0.1, -0.05) is 24.3 Å². The van der Waals surface area contributed by atoms with Crippen LogP contribution >= 0.6 is 0 Å². The standard InChI is InChI=1S/C18H16N2O3/c1-22-17-5-3-2-4-16(17)20-18(21)11-8-14-6-9-15(10-7-14)23-13-12-19/h2-11H,13H2,1H3,(H,20,21)/b11-8+. The summed E-state index contributed by atoms with van der Waals surface area (Å²) in [4.78, 5) is 11.9. The van der Waals surface area contributed by atoms with Gasteiger partial charge in [0.25, 0.3) is 0 Å². The summed E-state index contributed by atoms with van der Waals surface area (Å²) in [6.45, 7) is 0.0104. The molecule has 0 spiro atoms. The molecule has 1 amide bonds. The molecule has 0 aliphatic carbocycles. The third kappa shape index (κ3) is 4.90. The van der Waals surface area contributed by atoms with Crippen LogP contribution in [-0.4, -0.2) is 19.6 Å². The number of hydrogen-bond donors (Lipinski definition) is 1. The van der Waals surface area contributed by atoms with Crippen LogP contribution in [-0.2, 0) is 4.79 Å². The van der Waals surface area contributed by atoms with E-state index in [9.17, 15) is 4.79 Å². The van der Waals surface area contributed by atoms with Crippen LogP contribution in [0.4, 0.5) is 5.69 Å². The van der Waals surface area contributed by atoms with Gasteiger partial charge in [0.1, 0.15) is 17.6 Å². The van der Waals surface area contributed by atoms with Crippen molar-refractivity contribution < 1.29 is 14.3 Å². The molecule has 2 rings (SSSR count). The number of ether oxygens (including phenoxy) is 2. The topological polar surface area (TPSA) is 71.3 Å². The first-order chi connectivity index (χ1) is 11.2. The Kier molecular flexibility index (Phi) is 5.78. The SMILES string of the molecule is COc1ccccc1NC(=O)/C=C/c1ccc(OCC#N)cc1. The molecule has 0 saturated heterocycles. The minimum Gasteiger partial charge on any atom is -0.495 e. The van der Waals surface area contributed by atoms with Crippen LogP contribution in [0.2, 0.25) is 0 Å². The van der Waals surface area contributed by atoms with Crippen molar-refractivity contribution in [1.82, 2.24) is 0 Å². The molecule has 0 aromatic heterocycles. The van der Waals surface area contributed by atoms with E-state index >= 15 is 0 Å². The third-order valence-electron chi connectivity index (χ3n) is 2.98. The van der Waals surface area contributed by atoms with Crippen molar-refractivity contribution in [2.75, 3.05) is 19.0 Å². The molecule has 0 radical (unpaired) electrons. The number of nitriles is 1. The summed E-state index contributed by atoms with van der Waals surface area (Å²) < 4.78 is 10.3. The summed E-state index contributed by atoms with van der Waals surface area (Å²) in [6, 6.07) is 16.2. The van der Waals surface area contributed by atoms with E-state index in [1.807, 2.05) is 18.2 Å². The van der Waals surface area contributed by atoms with Gasteiger partial charge in [-0.25, -0.2) is 0 Å². The van der Waals surface area contributed by atoms with Gasteiger partial charge < -0.3 is 14.8 Å².